The molecule has 1 amide bonds. The number of hydrogen-bond donors (Lipinski definition) is 1. The summed E-state index contributed by atoms with van der Waals surface area (Å²) >= 11 is 7.25. The molecule has 0 aliphatic carbocycles. The van der Waals surface area contributed by atoms with Gasteiger partial charge in [0.2, 0.25) is 15.7 Å². The zero-order chi connectivity index (χ0) is 20.1. The molecule has 7 heteroatoms. The summed E-state index contributed by atoms with van der Waals surface area (Å²) in [4.78, 5) is 13.6. The van der Waals surface area contributed by atoms with Gasteiger partial charge in [0.1, 0.15) is 4.90 Å². The van der Waals surface area contributed by atoms with E-state index in [0.717, 1.165) is 16.0 Å². The van der Waals surface area contributed by atoms with Crippen LogP contribution < -0.4 is 5.32 Å². The molecule has 0 unspecified atom stereocenters. The van der Waals surface area contributed by atoms with Crippen LogP contribution in [-0.4, -0.2) is 14.3 Å². The van der Waals surface area contributed by atoms with E-state index in [2.05, 4.69) is 11.4 Å². The van der Waals surface area contributed by atoms with Crippen molar-refractivity contribution in [1.82, 2.24) is 0 Å². The number of carbonyl (C=O) groups excluding carboxylic acids is 1. The van der Waals surface area contributed by atoms with Crippen molar-refractivity contribution >= 4 is 44.4 Å². The number of aryl methyl sites for hydroxylation is 2. The zero-order valence-corrected chi connectivity index (χ0v) is 17.7. The van der Waals surface area contributed by atoms with Crippen LogP contribution in [0.3, 0.4) is 0 Å². The van der Waals surface area contributed by atoms with E-state index >= 15 is 0 Å². The molecule has 0 spiro atoms. The van der Waals surface area contributed by atoms with E-state index in [0.29, 0.717) is 17.1 Å². The summed E-state index contributed by atoms with van der Waals surface area (Å²) in [5.41, 5.74) is 3.76. The first-order chi connectivity index (χ1) is 13.3. The normalized spacial score (nSPS) is 16.5. The molecule has 4 rings (SSSR count). The minimum Gasteiger partial charge on any atom is -0.324 e. The lowest BCUT2D eigenvalue weighted by atomic mass is 9.89. The number of fused-ring (bicyclic) bond motifs is 1. The Kier molecular flexibility index (Phi) is 4.81. The van der Waals surface area contributed by atoms with Crippen molar-refractivity contribution in [3.8, 4) is 0 Å². The van der Waals surface area contributed by atoms with Gasteiger partial charge in [0.15, 0.2) is 0 Å². The quantitative estimate of drug-likeness (QED) is 0.610. The first-order valence-corrected chi connectivity index (χ1v) is 11.5. The van der Waals surface area contributed by atoms with Gasteiger partial charge in [-0.05, 0) is 54.8 Å². The Bertz CT molecular complexity index is 1180. The SMILES string of the molecule is Cc1ccc([C@H]2CC(=O)Nc3c(S(=O)(=O)c4ccc(Cl)cc4)csc32)cc1C. The number of nitrogens with one attached hydrogen (secondary N) is 1. The van der Waals surface area contributed by atoms with Gasteiger partial charge in [-0.1, -0.05) is 29.8 Å². The molecular formula is C21H18ClNO3S2. The number of sulfone groups is 1. The fraction of sp³-hybridized carbons (Fsp3) is 0.190. The lowest BCUT2D eigenvalue weighted by Gasteiger charge is -2.24. The Morgan fingerprint density at radius 1 is 1.07 bits per heavy atom. The Labute approximate surface area is 173 Å². The number of thiophene rings is 1. The third-order valence-electron chi connectivity index (χ3n) is 5.10. The number of carbonyl (C=O) groups is 1. The average molecular weight is 432 g/mol. The first-order valence-electron chi connectivity index (χ1n) is 8.76. The highest BCUT2D eigenvalue weighted by Crippen LogP contribution is 2.46. The minimum atomic E-state index is -3.76. The maximum atomic E-state index is 13.1. The van der Waals surface area contributed by atoms with E-state index in [4.69, 9.17) is 11.6 Å². The van der Waals surface area contributed by atoms with Gasteiger partial charge in [-0.15, -0.1) is 11.3 Å². The van der Waals surface area contributed by atoms with Crippen LogP contribution in [0, 0.1) is 13.8 Å². The second kappa shape index (κ2) is 7.03. The largest absolute Gasteiger partial charge is 0.324 e. The predicted molar refractivity (Wildman–Crippen MR) is 112 cm³/mol. The Morgan fingerprint density at radius 3 is 2.46 bits per heavy atom. The molecule has 1 atom stereocenters. The summed E-state index contributed by atoms with van der Waals surface area (Å²) in [6.45, 7) is 4.08. The molecule has 0 saturated heterocycles. The van der Waals surface area contributed by atoms with Gasteiger partial charge < -0.3 is 5.32 Å². The van der Waals surface area contributed by atoms with Crippen molar-refractivity contribution in [2.75, 3.05) is 5.32 Å². The van der Waals surface area contributed by atoms with E-state index in [1.165, 1.54) is 29.0 Å². The van der Waals surface area contributed by atoms with E-state index in [1.807, 2.05) is 26.0 Å². The highest BCUT2D eigenvalue weighted by Gasteiger charge is 2.34. The van der Waals surface area contributed by atoms with E-state index in [9.17, 15) is 13.2 Å². The number of benzene rings is 2. The van der Waals surface area contributed by atoms with Gasteiger partial charge in [0, 0.05) is 27.6 Å². The summed E-state index contributed by atoms with van der Waals surface area (Å²) in [5, 5.41) is 4.87. The molecule has 2 aromatic carbocycles. The molecule has 28 heavy (non-hydrogen) atoms. The van der Waals surface area contributed by atoms with Crippen molar-refractivity contribution < 1.29 is 13.2 Å². The molecular weight excluding hydrogens is 414 g/mol. The Morgan fingerprint density at radius 2 is 1.79 bits per heavy atom. The number of halogens is 1. The van der Waals surface area contributed by atoms with Crippen LogP contribution >= 0.6 is 22.9 Å². The van der Waals surface area contributed by atoms with Crippen LogP contribution in [-0.2, 0) is 14.6 Å². The second-order valence-electron chi connectivity index (χ2n) is 6.95. The zero-order valence-electron chi connectivity index (χ0n) is 15.3. The number of anilines is 1. The van der Waals surface area contributed by atoms with Crippen LogP contribution in [0.15, 0.2) is 57.6 Å². The minimum absolute atomic E-state index is 0.136. The van der Waals surface area contributed by atoms with Gasteiger partial charge in [-0.25, -0.2) is 8.42 Å². The van der Waals surface area contributed by atoms with Crippen molar-refractivity contribution in [3.63, 3.8) is 0 Å². The van der Waals surface area contributed by atoms with Crippen LogP contribution in [0.1, 0.15) is 33.9 Å². The van der Waals surface area contributed by atoms with E-state index < -0.39 is 9.84 Å². The van der Waals surface area contributed by atoms with Gasteiger partial charge in [0.25, 0.3) is 0 Å². The molecule has 0 fully saturated rings. The van der Waals surface area contributed by atoms with Gasteiger partial charge >= 0.3 is 0 Å². The van der Waals surface area contributed by atoms with Crippen LogP contribution in [0.2, 0.25) is 5.02 Å². The standard InChI is InChI=1S/C21H18ClNO3S2/c1-12-3-4-14(9-13(12)2)17-10-19(24)23-20-18(11-27-21(17)20)28(25,26)16-7-5-15(22)6-8-16/h3-9,11,17H,10H2,1-2H3,(H,23,24)/t17-/m1/s1. The molecule has 1 aliphatic rings. The maximum Gasteiger partial charge on any atom is 0.225 e. The number of amides is 1. The summed E-state index contributed by atoms with van der Waals surface area (Å²) in [7, 11) is -3.76. The summed E-state index contributed by atoms with van der Waals surface area (Å²) in [5.74, 6) is -0.330. The predicted octanol–water partition coefficient (Wildman–Crippen LogP) is 5.33. The molecule has 1 N–H and O–H groups in total. The fourth-order valence-corrected chi connectivity index (χ4v) is 6.43. The smallest absolute Gasteiger partial charge is 0.225 e. The fourth-order valence-electron chi connectivity index (χ4n) is 3.39. The van der Waals surface area contributed by atoms with Crippen molar-refractivity contribution in [2.24, 2.45) is 0 Å². The summed E-state index contributed by atoms with van der Waals surface area (Å²) < 4.78 is 26.3. The topological polar surface area (TPSA) is 63.2 Å². The Hall–Kier alpha value is -2.15. The molecule has 0 bridgehead atoms. The molecule has 3 aromatic rings. The lowest BCUT2D eigenvalue weighted by molar-refractivity contribution is -0.116. The summed E-state index contributed by atoms with van der Waals surface area (Å²) in [6.07, 6.45) is 0.302. The van der Waals surface area contributed by atoms with Crippen molar-refractivity contribution in [2.45, 2.75) is 36.0 Å². The Balaban J connectivity index is 1.82. The van der Waals surface area contributed by atoms with Gasteiger partial charge in [-0.3, -0.25) is 4.79 Å². The molecule has 1 aliphatic heterocycles. The van der Waals surface area contributed by atoms with Gasteiger partial charge in [-0.2, -0.15) is 0 Å². The monoisotopic (exact) mass is 431 g/mol. The second-order valence-corrected chi connectivity index (χ2v) is 10.2. The first kappa shape index (κ1) is 19.2. The van der Waals surface area contributed by atoms with Crippen molar-refractivity contribution in [3.05, 3.63) is 74.4 Å². The van der Waals surface area contributed by atoms with Crippen molar-refractivity contribution in [1.29, 1.82) is 0 Å². The van der Waals surface area contributed by atoms with Crippen LogP contribution in [0.25, 0.3) is 0 Å². The highest BCUT2D eigenvalue weighted by molar-refractivity contribution is 7.91. The maximum absolute atomic E-state index is 13.1. The van der Waals surface area contributed by atoms with E-state index in [-0.39, 0.29) is 21.6 Å². The molecule has 0 radical (unpaired) electrons. The lowest BCUT2D eigenvalue weighted by Crippen LogP contribution is -2.23. The molecule has 0 saturated carbocycles. The van der Waals surface area contributed by atoms with E-state index in [1.54, 1.807) is 17.5 Å². The molecule has 4 nitrogen and oxygen atoms in total. The van der Waals surface area contributed by atoms with Crippen LogP contribution in [0.4, 0.5) is 5.69 Å². The van der Waals surface area contributed by atoms with Gasteiger partial charge in [0.05, 0.1) is 10.6 Å². The third kappa shape index (κ3) is 3.26. The highest BCUT2D eigenvalue weighted by atomic mass is 35.5. The average Bonchev–Trinajstić information content (AvgIpc) is 3.08. The van der Waals surface area contributed by atoms with Crippen LogP contribution in [0.5, 0.6) is 0 Å². The number of hydrogen-bond acceptors (Lipinski definition) is 4. The number of rotatable bonds is 3. The third-order valence-corrected chi connectivity index (χ3v) is 8.39. The molecule has 1 aromatic heterocycles. The molecule has 144 valence electrons. The summed E-state index contributed by atoms with van der Waals surface area (Å²) in [6, 6.07) is 12.2. The molecule has 2 heterocycles.